The summed E-state index contributed by atoms with van der Waals surface area (Å²) >= 11 is 3.37. The number of halogens is 1. The van der Waals surface area contributed by atoms with Gasteiger partial charge in [-0.3, -0.25) is 9.59 Å². The number of aryl methyl sites for hydroxylation is 1. The zero-order valence-corrected chi connectivity index (χ0v) is 21.4. The van der Waals surface area contributed by atoms with Crippen LogP contribution in [0.4, 0.5) is 0 Å². The molecular weight excluding hydrogens is 530 g/mol. The van der Waals surface area contributed by atoms with Crippen LogP contribution in [0.25, 0.3) is 0 Å². The van der Waals surface area contributed by atoms with Crippen LogP contribution in [0.2, 0.25) is 0 Å². The normalized spacial score (nSPS) is 10.6. The summed E-state index contributed by atoms with van der Waals surface area (Å²) in [5.74, 6) is -0.382. The number of methoxy groups -OCH3 is 2. The van der Waals surface area contributed by atoms with Crippen molar-refractivity contribution in [1.29, 1.82) is 0 Å². The minimum Gasteiger partial charge on any atom is -0.493 e. The van der Waals surface area contributed by atoms with Gasteiger partial charge in [-0.2, -0.15) is 5.10 Å². The third-order valence-corrected chi connectivity index (χ3v) is 5.37. The molecule has 0 saturated carbocycles. The highest BCUT2D eigenvalue weighted by molar-refractivity contribution is 9.10. The first-order chi connectivity index (χ1) is 17.3. The monoisotopic (exact) mass is 553 g/mol. The van der Waals surface area contributed by atoms with Gasteiger partial charge in [0.05, 0.1) is 32.5 Å². The number of hydrazone groups is 1. The minimum atomic E-state index is -0.548. The molecule has 3 rings (SSSR count). The van der Waals surface area contributed by atoms with E-state index in [1.54, 1.807) is 48.5 Å². The zero-order chi connectivity index (χ0) is 26.1. The Balaban J connectivity index is 1.59. The van der Waals surface area contributed by atoms with Crippen molar-refractivity contribution in [2.24, 2.45) is 5.10 Å². The topological polar surface area (TPSA) is 115 Å². The lowest BCUT2D eigenvalue weighted by atomic mass is 10.1. The van der Waals surface area contributed by atoms with E-state index < -0.39 is 17.8 Å². The van der Waals surface area contributed by atoms with Gasteiger partial charge in [-0.05, 0) is 55.5 Å². The molecule has 0 heterocycles. The number of carbonyl (C=O) groups excluding carboxylic acids is 3. The Bertz CT molecular complexity index is 1310. The molecule has 2 amide bonds. The fraction of sp³-hybridized carbons (Fsp3) is 0.154. The molecular formula is C26H24BrN3O6. The van der Waals surface area contributed by atoms with Gasteiger partial charge < -0.3 is 19.5 Å². The van der Waals surface area contributed by atoms with E-state index in [9.17, 15) is 14.4 Å². The Hall–Kier alpha value is -4.18. The number of rotatable bonds is 9. The van der Waals surface area contributed by atoms with Crippen molar-refractivity contribution in [3.8, 4) is 17.2 Å². The molecule has 0 saturated heterocycles. The summed E-state index contributed by atoms with van der Waals surface area (Å²) in [7, 11) is 2.96. The smallest absolute Gasteiger partial charge is 0.343 e. The molecule has 2 N–H and O–H groups in total. The molecule has 186 valence electrons. The Kier molecular flexibility index (Phi) is 9.18. The van der Waals surface area contributed by atoms with E-state index in [2.05, 4.69) is 31.8 Å². The first kappa shape index (κ1) is 26.4. The number of nitrogens with one attached hydrogen (secondary N) is 2. The molecule has 9 nitrogen and oxygen atoms in total. The van der Waals surface area contributed by atoms with Crippen LogP contribution >= 0.6 is 15.9 Å². The number of nitrogens with zero attached hydrogens (tertiary/aromatic N) is 1. The maximum atomic E-state index is 12.5. The molecule has 0 bridgehead atoms. The Morgan fingerprint density at radius 2 is 1.67 bits per heavy atom. The molecule has 0 unspecified atom stereocenters. The fourth-order valence-electron chi connectivity index (χ4n) is 3.10. The molecule has 3 aromatic carbocycles. The molecule has 10 heteroatoms. The predicted octanol–water partition coefficient (Wildman–Crippen LogP) is 3.87. The quantitative estimate of drug-likeness (QED) is 0.180. The van der Waals surface area contributed by atoms with Gasteiger partial charge >= 0.3 is 5.97 Å². The molecule has 0 aliphatic rings. The molecule has 3 aromatic rings. The first-order valence-corrected chi connectivity index (χ1v) is 11.5. The second-order valence-electron chi connectivity index (χ2n) is 7.49. The molecule has 0 radical (unpaired) electrons. The number of hydrogen-bond donors (Lipinski definition) is 2. The van der Waals surface area contributed by atoms with Crippen LogP contribution in [0.5, 0.6) is 17.2 Å². The number of benzene rings is 3. The van der Waals surface area contributed by atoms with Crippen molar-refractivity contribution in [1.82, 2.24) is 10.7 Å². The Morgan fingerprint density at radius 3 is 2.39 bits per heavy atom. The van der Waals surface area contributed by atoms with Gasteiger partial charge in [-0.25, -0.2) is 10.2 Å². The van der Waals surface area contributed by atoms with E-state index in [1.807, 2.05) is 13.0 Å². The van der Waals surface area contributed by atoms with Crippen molar-refractivity contribution in [2.45, 2.75) is 6.92 Å². The highest BCUT2D eigenvalue weighted by Crippen LogP contribution is 2.27. The maximum Gasteiger partial charge on any atom is 0.343 e. The predicted molar refractivity (Wildman–Crippen MR) is 138 cm³/mol. The summed E-state index contributed by atoms with van der Waals surface area (Å²) in [6.07, 6.45) is 1.34. The highest BCUT2D eigenvalue weighted by Gasteiger charge is 2.13. The van der Waals surface area contributed by atoms with E-state index in [-0.39, 0.29) is 12.3 Å². The minimum absolute atomic E-state index is 0.268. The second kappa shape index (κ2) is 12.5. The Labute approximate surface area is 216 Å². The zero-order valence-electron chi connectivity index (χ0n) is 19.8. The molecule has 0 aromatic heterocycles. The standard InChI is InChI=1S/C26H24BrN3O6/c1-16-5-4-6-18(11-16)26(33)36-21-10-8-20(27)12-19(21)14-29-30-24(31)15-28-25(32)17-7-9-22(34-2)23(13-17)35-3/h4-14H,15H2,1-3H3,(H,28,32)(H,30,31). The van der Waals surface area contributed by atoms with Gasteiger partial charge in [-0.15, -0.1) is 0 Å². The summed E-state index contributed by atoms with van der Waals surface area (Å²) in [5.41, 5.74) is 4.44. The molecule has 36 heavy (non-hydrogen) atoms. The van der Waals surface area contributed by atoms with Crippen molar-refractivity contribution >= 4 is 39.9 Å². The lowest BCUT2D eigenvalue weighted by molar-refractivity contribution is -0.120. The fourth-order valence-corrected chi connectivity index (χ4v) is 3.48. The third kappa shape index (κ3) is 7.16. The van der Waals surface area contributed by atoms with Crippen LogP contribution in [0.15, 0.2) is 70.2 Å². The van der Waals surface area contributed by atoms with Crippen LogP contribution in [0.1, 0.15) is 31.8 Å². The number of carbonyl (C=O) groups is 3. The summed E-state index contributed by atoms with van der Waals surface area (Å²) in [5, 5.41) is 6.42. The second-order valence-corrected chi connectivity index (χ2v) is 8.40. The molecule has 0 aliphatic heterocycles. The maximum absolute atomic E-state index is 12.5. The van der Waals surface area contributed by atoms with Gasteiger partial charge in [0, 0.05) is 15.6 Å². The number of esters is 1. The van der Waals surface area contributed by atoms with E-state index >= 15 is 0 Å². The summed E-state index contributed by atoms with van der Waals surface area (Å²) < 4.78 is 16.6. The van der Waals surface area contributed by atoms with Crippen LogP contribution in [-0.2, 0) is 4.79 Å². The SMILES string of the molecule is COc1ccc(C(=O)NCC(=O)NN=Cc2cc(Br)ccc2OC(=O)c2cccc(C)c2)cc1OC. The van der Waals surface area contributed by atoms with Crippen molar-refractivity contribution in [3.05, 3.63) is 87.4 Å². The van der Waals surface area contributed by atoms with Crippen molar-refractivity contribution in [2.75, 3.05) is 20.8 Å². The van der Waals surface area contributed by atoms with Crippen LogP contribution in [0, 0.1) is 6.92 Å². The van der Waals surface area contributed by atoms with Crippen molar-refractivity contribution < 1.29 is 28.6 Å². The highest BCUT2D eigenvalue weighted by atomic mass is 79.9. The average Bonchev–Trinajstić information content (AvgIpc) is 2.88. The van der Waals surface area contributed by atoms with E-state index in [0.29, 0.717) is 28.2 Å². The third-order valence-electron chi connectivity index (χ3n) is 4.88. The van der Waals surface area contributed by atoms with Crippen LogP contribution < -0.4 is 25.0 Å². The average molecular weight is 554 g/mol. The summed E-state index contributed by atoms with van der Waals surface area (Å²) in [6, 6.07) is 16.7. The van der Waals surface area contributed by atoms with E-state index in [1.165, 1.54) is 26.5 Å². The van der Waals surface area contributed by atoms with Crippen molar-refractivity contribution in [3.63, 3.8) is 0 Å². The van der Waals surface area contributed by atoms with Gasteiger partial charge in [0.25, 0.3) is 11.8 Å². The summed E-state index contributed by atoms with van der Waals surface area (Å²) in [6.45, 7) is 1.58. The van der Waals surface area contributed by atoms with Crippen LogP contribution in [-0.4, -0.2) is 44.8 Å². The number of ether oxygens (including phenoxy) is 3. The molecule has 0 atom stereocenters. The van der Waals surface area contributed by atoms with E-state index in [4.69, 9.17) is 14.2 Å². The van der Waals surface area contributed by atoms with Crippen LogP contribution in [0.3, 0.4) is 0 Å². The summed E-state index contributed by atoms with van der Waals surface area (Å²) in [4.78, 5) is 37.0. The van der Waals surface area contributed by atoms with Gasteiger partial charge in [0.2, 0.25) is 0 Å². The van der Waals surface area contributed by atoms with Gasteiger partial charge in [0.1, 0.15) is 5.75 Å². The largest absolute Gasteiger partial charge is 0.493 e. The number of amides is 2. The first-order valence-electron chi connectivity index (χ1n) is 10.7. The number of hydrogen-bond acceptors (Lipinski definition) is 7. The molecule has 0 fully saturated rings. The van der Waals surface area contributed by atoms with Gasteiger partial charge in [-0.1, -0.05) is 33.6 Å². The molecule has 0 spiro atoms. The van der Waals surface area contributed by atoms with Gasteiger partial charge in [0.15, 0.2) is 11.5 Å². The molecule has 0 aliphatic carbocycles. The van der Waals surface area contributed by atoms with E-state index in [0.717, 1.165) is 10.0 Å². The Morgan fingerprint density at radius 1 is 0.917 bits per heavy atom. The lowest BCUT2D eigenvalue weighted by Crippen LogP contribution is -2.34. The lowest BCUT2D eigenvalue weighted by Gasteiger charge is -2.10.